The minimum atomic E-state index is -0.418. The number of aryl methyl sites for hydroxylation is 1. The summed E-state index contributed by atoms with van der Waals surface area (Å²) in [5, 5.41) is 1.16. The Bertz CT molecular complexity index is 696. The third-order valence-electron chi connectivity index (χ3n) is 4.83. The van der Waals surface area contributed by atoms with Gasteiger partial charge >= 0.3 is 0 Å². The monoisotopic (exact) mass is 315 g/mol. The maximum absolute atomic E-state index is 12.4. The first-order valence-corrected chi connectivity index (χ1v) is 8.20. The first-order chi connectivity index (χ1) is 11.3. The van der Waals surface area contributed by atoms with Crippen molar-refractivity contribution in [2.45, 2.75) is 31.6 Å². The number of hydrogen-bond donors (Lipinski definition) is 0. The molecule has 2 aromatic rings. The number of carbonyl (C=O) groups excluding carboxylic acids is 1. The average molecular weight is 315 g/mol. The van der Waals surface area contributed by atoms with Crippen LogP contribution >= 0.6 is 0 Å². The van der Waals surface area contributed by atoms with E-state index in [1.807, 2.05) is 23.4 Å². The molecule has 6 nitrogen and oxygen atoms in total. The average Bonchev–Trinajstić information content (AvgIpc) is 3.21. The Hall–Kier alpha value is -1.92. The number of rotatable bonds is 3. The molecule has 0 unspecified atom stereocenters. The van der Waals surface area contributed by atoms with Gasteiger partial charge in [0.25, 0.3) is 0 Å². The van der Waals surface area contributed by atoms with E-state index in [1.54, 1.807) is 6.20 Å². The fourth-order valence-corrected chi connectivity index (χ4v) is 3.48. The Morgan fingerprint density at radius 3 is 2.78 bits per heavy atom. The minimum absolute atomic E-state index is 0.198. The Labute approximate surface area is 135 Å². The first-order valence-electron chi connectivity index (χ1n) is 8.20. The number of likely N-dealkylation sites (tertiary alicyclic amines) is 1. The van der Waals surface area contributed by atoms with Crippen LogP contribution in [0.25, 0.3) is 10.9 Å². The van der Waals surface area contributed by atoms with Crippen LogP contribution in [0.5, 0.6) is 0 Å². The maximum atomic E-state index is 12.4. The van der Waals surface area contributed by atoms with Crippen molar-refractivity contribution in [1.82, 2.24) is 14.5 Å². The molecule has 0 aromatic carbocycles. The van der Waals surface area contributed by atoms with Gasteiger partial charge in [-0.05, 0) is 12.1 Å². The second-order valence-electron chi connectivity index (χ2n) is 6.18. The van der Waals surface area contributed by atoms with E-state index in [1.165, 1.54) is 0 Å². The van der Waals surface area contributed by atoms with Crippen molar-refractivity contribution < 1.29 is 14.3 Å². The number of nitrogens with zero attached hydrogens (tertiary/aromatic N) is 3. The van der Waals surface area contributed by atoms with Crippen molar-refractivity contribution >= 4 is 16.8 Å². The van der Waals surface area contributed by atoms with Crippen LogP contribution in [-0.4, -0.2) is 52.4 Å². The van der Waals surface area contributed by atoms with Crippen LogP contribution in [-0.2, 0) is 20.8 Å². The van der Waals surface area contributed by atoms with Crippen LogP contribution in [0.15, 0.2) is 30.7 Å². The molecular formula is C17H21N3O3. The van der Waals surface area contributed by atoms with Gasteiger partial charge in [0.05, 0.1) is 24.9 Å². The highest BCUT2D eigenvalue weighted by Crippen LogP contribution is 2.31. The Morgan fingerprint density at radius 1 is 1.22 bits per heavy atom. The number of carbonyl (C=O) groups is 1. The van der Waals surface area contributed by atoms with Crippen molar-refractivity contribution in [1.29, 1.82) is 0 Å². The van der Waals surface area contributed by atoms with E-state index in [-0.39, 0.29) is 5.91 Å². The molecule has 2 fully saturated rings. The summed E-state index contributed by atoms with van der Waals surface area (Å²) in [7, 11) is 0. The summed E-state index contributed by atoms with van der Waals surface area (Å²) in [6, 6.07) is 4.04. The molecule has 4 heterocycles. The number of amides is 1. The zero-order valence-electron chi connectivity index (χ0n) is 13.1. The Balaban J connectivity index is 1.34. The third-order valence-corrected chi connectivity index (χ3v) is 4.83. The minimum Gasteiger partial charge on any atom is -0.347 e. The summed E-state index contributed by atoms with van der Waals surface area (Å²) in [6.45, 7) is 3.45. The lowest BCUT2D eigenvalue weighted by Crippen LogP contribution is -2.47. The highest BCUT2D eigenvalue weighted by atomic mass is 16.7. The van der Waals surface area contributed by atoms with Crippen molar-refractivity contribution in [3.8, 4) is 0 Å². The second-order valence-corrected chi connectivity index (χ2v) is 6.18. The van der Waals surface area contributed by atoms with Gasteiger partial charge in [0, 0.05) is 56.7 Å². The van der Waals surface area contributed by atoms with Crippen LogP contribution in [0.4, 0.5) is 0 Å². The van der Waals surface area contributed by atoms with Gasteiger partial charge in [-0.1, -0.05) is 0 Å². The van der Waals surface area contributed by atoms with Crippen LogP contribution in [0.2, 0.25) is 0 Å². The summed E-state index contributed by atoms with van der Waals surface area (Å²) >= 11 is 0. The molecule has 0 aliphatic carbocycles. The van der Waals surface area contributed by atoms with Crippen LogP contribution in [0.1, 0.15) is 19.3 Å². The molecule has 1 spiro atoms. The van der Waals surface area contributed by atoms with Gasteiger partial charge in [0.1, 0.15) is 0 Å². The lowest BCUT2D eigenvalue weighted by Gasteiger charge is -2.37. The smallest absolute Gasteiger partial charge is 0.224 e. The van der Waals surface area contributed by atoms with Crippen molar-refractivity contribution in [3.05, 3.63) is 30.7 Å². The lowest BCUT2D eigenvalue weighted by atomic mass is 10.0. The molecule has 2 aliphatic heterocycles. The first kappa shape index (κ1) is 14.7. The van der Waals surface area contributed by atoms with Crippen LogP contribution in [0.3, 0.4) is 0 Å². The zero-order valence-corrected chi connectivity index (χ0v) is 13.1. The van der Waals surface area contributed by atoms with Crippen molar-refractivity contribution in [2.24, 2.45) is 0 Å². The van der Waals surface area contributed by atoms with E-state index in [0.717, 1.165) is 23.7 Å². The molecule has 0 bridgehead atoms. The number of pyridine rings is 1. The Kier molecular flexibility index (Phi) is 3.79. The van der Waals surface area contributed by atoms with E-state index in [9.17, 15) is 4.79 Å². The number of piperidine rings is 1. The number of hydrogen-bond acceptors (Lipinski definition) is 4. The third kappa shape index (κ3) is 2.84. The quantitative estimate of drug-likeness (QED) is 0.866. The van der Waals surface area contributed by atoms with Gasteiger partial charge in [-0.2, -0.15) is 0 Å². The lowest BCUT2D eigenvalue weighted by molar-refractivity contribution is -0.187. The van der Waals surface area contributed by atoms with E-state index < -0.39 is 5.79 Å². The van der Waals surface area contributed by atoms with Crippen molar-refractivity contribution in [2.75, 3.05) is 26.3 Å². The van der Waals surface area contributed by atoms with Gasteiger partial charge in [-0.15, -0.1) is 0 Å². The van der Waals surface area contributed by atoms with E-state index in [4.69, 9.17) is 9.47 Å². The topological polar surface area (TPSA) is 56.6 Å². The summed E-state index contributed by atoms with van der Waals surface area (Å²) in [5.41, 5.74) is 1.07. The summed E-state index contributed by atoms with van der Waals surface area (Å²) in [5.74, 6) is -0.220. The van der Waals surface area contributed by atoms with E-state index >= 15 is 0 Å². The van der Waals surface area contributed by atoms with Gasteiger partial charge in [0.15, 0.2) is 5.79 Å². The molecule has 2 aliphatic rings. The number of aromatic nitrogens is 2. The zero-order chi connectivity index (χ0) is 15.7. The number of ether oxygens (including phenoxy) is 2. The summed E-state index contributed by atoms with van der Waals surface area (Å²) in [6.07, 6.45) is 7.70. The molecule has 1 amide bonds. The van der Waals surface area contributed by atoms with E-state index in [2.05, 4.69) is 15.6 Å². The molecule has 2 saturated heterocycles. The molecule has 0 N–H and O–H groups in total. The predicted octanol–water partition coefficient (Wildman–Crippen LogP) is 1.79. The van der Waals surface area contributed by atoms with Gasteiger partial charge in [-0.3, -0.25) is 9.78 Å². The maximum Gasteiger partial charge on any atom is 0.224 e. The van der Waals surface area contributed by atoms with Gasteiger partial charge in [-0.25, -0.2) is 0 Å². The van der Waals surface area contributed by atoms with Gasteiger partial charge < -0.3 is 18.9 Å². The molecule has 4 rings (SSSR count). The second kappa shape index (κ2) is 5.94. The standard InChI is InChI=1S/C17H21N3O3/c21-16(20-9-4-17(5-10-20)22-11-12-23-17)3-8-19-7-2-14-1-6-18-13-15(14)19/h1-2,6-7,13H,3-5,8-12H2. The normalized spacial score (nSPS) is 20.4. The fraction of sp³-hybridized carbons (Fsp3) is 0.529. The SMILES string of the molecule is O=C(CCn1ccc2ccncc21)N1CCC2(CC1)OCCO2. The predicted molar refractivity (Wildman–Crippen MR) is 84.8 cm³/mol. The molecule has 122 valence electrons. The highest BCUT2D eigenvalue weighted by molar-refractivity contribution is 5.79. The van der Waals surface area contributed by atoms with Crippen LogP contribution < -0.4 is 0 Å². The van der Waals surface area contributed by atoms with Gasteiger partial charge in [0.2, 0.25) is 5.91 Å². The van der Waals surface area contributed by atoms with Crippen molar-refractivity contribution in [3.63, 3.8) is 0 Å². The largest absolute Gasteiger partial charge is 0.347 e. The molecule has 2 aromatic heterocycles. The molecule has 0 saturated carbocycles. The number of fused-ring (bicyclic) bond motifs is 1. The van der Waals surface area contributed by atoms with E-state index in [0.29, 0.717) is 39.3 Å². The molecule has 6 heteroatoms. The molecule has 0 radical (unpaired) electrons. The summed E-state index contributed by atoms with van der Waals surface area (Å²) in [4.78, 5) is 18.5. The molecule has 0 atom stereocenters. The summed E-state index contributed by atoms with van der Waals surface area (Å²) < 4.78 is 13.5. The molecular weight excluding hydrogens is 294 g/mol. The highest BCUT2D eigenvalue weighted by Gasteiger charge is 2.40. The Morgan fingerprint density at radius 2 is 2.00 bits per heavy atom. The molecule has 23 heavy (non-hydrogen) atoms. The van der Waals surface area contributed by atoms with Crippen LogP contribution in [0, 0.1) is 0 Å². The fourth-order valence-electron chi connectivity index (χ4n) is 3.48.